The summed E-state index contributed by atoms with van der Waals surface area (Å²) in [6, 6.07) is 16.0. The molecule has 1 aromatic heterocycles. The summed E-state index contributed by atoms with van der Waals surface area (Å²) in [7, 11) is 0. The third kappa shape index (κ3) is 5.29. The highest BCUT2D eigenvalue weighted by Crippen LogP contribution is 2.27. The maximum Gasteiger partial charge on any atom is 0.223 e. The zero-order valence-electron chi connectivity index (χ0n) is 18.8. The van der Waals surface area contributed by atoms with E-state index in [0.29, 0.717) is 24.3 Å². The number of hydrogen-bond acceptors (Lipinski definition) is 4. The van der Waals surface area contributed by atoms with Crippen LogP contribution in [0.4, 0.5) is 5.69 Å². The van der Waals surface area contributed by atoms with Crippen LogP contribution in [-0.4, -0.2) is 46.4 Å². The molecule has 7 heteroatoms. The predicted molar refractivity (Wildman–Crippen MR) is 128 cm³/mol. The van der Waals surface area contributed by atoms with E-state index in [9.17, 15) is 4.79 Å². The van der Waals surface area contributed by atoms with Gasteiger partial charge in [-0.05, 0) is 61.1 Å². The van der Waals surface area contributed by atoms with Gasteiger partial charge < -0.3 is 10.2 Å². The standard InChI is InChI=1S/C26H28N6O/c1-18-9-21(17-32(18)26(33)8-5-19-3-2-4-20(10-19)12-27)14-29-25-7-6-22(11-23(25)13-28)24-15-30-31-16-24/h2-4,6-7,10-11,13,15-16,18,21,28-29H,5,8-9,14,17H2,1H3,(H,30,31)/p+1/t18-,21?/m1/s1. The lowest BCUT2D eigenvalue weighted by molar-refractivity contribution is -0.131. The fourth-order valence-corrected chi connectivity index (χ4v) is 4.53. The molecule has 4 N–H and O–H groups in total. The number of benzene rings is 2. The van der Waals surface area contributed by atoms with Crippen LogP contribution in [0.3, 0.4) is 0 Å². The average molecular weight is 442 g/mol. The number of nitriles is 1. The molecule has 0 radical (unpaired) electrons. The Morgan fingerprint density at radius 3 is 2.97 bits per heavy atom. The number of nitrogens with zero attached hydrogens (tertiary/aromatic N) is 3. The minimum Gasteiger partial charge on any atom is -0.384 e. The second-order valence-electron chi connectivity index (χ2n) is 8.65. The van der Waals surface area contributed by atoms with E-state index in [1.807, 2.05) is 41.4 Å². The fraction of sp³-hybridized carbons (Fsp3) is 0.308. The number of likely N-dealkylation sites (tertiary alicyclic amines) is 1. The number of aromatic nitrogens is 2. The third-order valence-corrected chi connectivity index (χ3v) is 6.31. The molecular formula is C26H29N6O+. The van der Waals surface area contributed by atoms with Crippen molar-refractivity contribution in [3.05, 3.63) is 71.5 Å². The molecule has 3 aromatic rings. The summed E-state index contributed by atoms with van der Waals surface area (Å²) in [4.78, 5) is 14.9. The highest BCUT2D eigenvalue weighted by Gasteiger charge is 2.32. The molecule has 0 saturated carbocycles. The second-order valence-corrected chi connectivity index (χ2v) is 8.65. The highest BCUT2D eigenvalue weighted by atomic mass is 16.2. The van der Waals surface area contributed by atoms with Crippen LogP contribution in [0.2, 0.25) is 0 Å². The monoisotopic (exact) mass is 441 g/mol. The first-order valence-electron chi connectivity index (χ1n) is 11.3. The van der Waals surface area contributed by atoms with E-state index in [2.05, 4.69) is 34.6 Å². The first-order valence-corrected chi connectivity index (χ1v) is 11.3. The van der Waals surface area contributed by atoms with Gasteiger partial charge in [0.2, 0.25) is 5.91 Å². The van der Waals surface area contributed by atoms with Crippen LogP contribution < -0.4 is 10.7 Å². The van der Waals surface area contributed by atoms with Crippen LogP contribution in [0.25, 0.3) is 11.1 Å². The molecule has 2 heterocycles. The van der Waals surface area contributed by atoms with Gasteiger partial charge in [0.15, 0.2) is 6.21 Å². The summed E-state index contributed by atoms with van der Waals surface area (Å²) in [6.45, 7) is 3.65. The van der Waals surface area contributed by atoms with Crippen LogP contribution in [0, 0.1) is 17.2 Å². The number of aromatic amines is 1. The number of H-pyrrole nitrogens is 1. The SMILES string of the molecule is C[C@@H]1CC(CNc2ccc(-c3cn[nH]c3)cc2C=[NH2+])CN1C(=O)CCc1cccc(C#N)c1. The molecule has 1 saturated heterocycles. The van der Waals surface area contributed by atoms with Crippen LogP contribution in [0.15, 0.2) is 54.9 Å². The molecule has 7 nitrogen and oxygen atoms in total. The van der Waals surface area contributed by atoms with E-state index >= 15 is 0 Å². The maximum atomic E-state index is 12.9. The Kier molecular flexibility index (Phi) is 6.84. The van der Waals surface area contributed by atoms with Crippen LogP contribution in [0.1, 0.15) is 36.5 Å². The smallest absolute Gasteiger partial charge is 0.223 e. The number of hydrogen-bond donors (Lipinski definition) is 3. The van der Waals surface area contributed by atoms with Crippen molar-refractivity contribution in [1.82, 2.24) is 15.1 Å². The predicted octanol–water partition coefficient (Wildman–Crippen LogP) is 2.41. The Hall–Kier alpha value is -3.92. The van der Waals surface area contributed by atoms with E-state index < -0.39 is 0 Å². The molecule has 1 fully saturated rings. The third-order valence-electron chi connectivity index (χ3n) is 6.31. The van der Waals surface area contributed by atoms with E-state index in [1.54, 1.807) is 18.5 Å². The number of aryl methyl sites for hydroxylation is 1. The Morgan fingerprint density at radius 2 is 2.21 bits per heavy atom. The number of carbonyl (C=O) groups is 1. The Bertz CT molecular complexity index is 1160. The number of rotatable bonds is 8. The van der Waals surface area contributed by atoms with E-state index in [1.165, 1.54) is 0 Å². The normalized spacial score (nSPS) is 17.5. The molecule has 0 bridgehead atoms. The molecule has 1 aliphatic rings. The quantitative estimate of drug-likeness (QED) is 0.466. The van der Waals surface area contributed by atoms with Crippen LogP contribution in [-0.2, 0) is 11.2 Å². The zero-order chi connectivity index (χ0) is 23.2. The molecule has 1 unspecified atom stereocenters. The number of nitrogens with two attached hydrogens (primary N) is 1. The Labute approximate surface area is 194 Å². The van der Waals surface area contributed by atoms with E-state index in [-0.39, 0.29) is 11.9 Å². The first kappa shape index (κ1) is 22.3. The molecule has 0 spiro atoms. The van der Waals surface area contributed by atoms with Gasteiger partial charge in [-0.25, -0.2) is 0 Å². The average Bonchev–Trinajstić information content (AvgIpc) is 3.51. The van der Waals surface area contributed by atoms with Crippen molar-refractivity contribution in [3.63, 3.8) is 0 Å². The lowest BCUT2D eigenvalue weighted by atomic mass is 10.0. The van der Waals surface area contributed by atoms with Gasteiger partial charge in [-0.3, -0.25) is 15.3 Å². The minimum atomic E-state index is 0.174. The van der Waals surface area contributed by atoms with E-state index in [0.717, 1.165) is 47.5 Å². The van der Waals surface area contributed by atoms with Crippen molar-refractivity contribution in [2.45, 2.75) is 32.2 Å². The molecule has 4 rings (SSSR count). The number of amides is 1. The number of nitrogens with one attached hydrogen (secondary N) is 2. The summed E-state index contributed by atoms with van der Waals surface area (Å²) in [5.74, 6) is 0.554. The van der Waals surface area contributed by atoms with Gasteiger partial charge in [0, 0.05) is 43.0 Å². The summed E-state index contributed by atoms with van der Waals surface area (Å²) in [6.07, 6.45) is 7.33. The van der Waals surface area contributed by atoms with Crippen LogP contribution in [0.5, 0.6) is 0 Å². The van der Waals surface area contributed by atoms with Crippen molar-refractivity contribution >= 4 is 17.8 Å². The number of carbonyl (C=O) groups excluding carboxylic acids is 1. The molecule has 2 atom stereocenters. The molecular weight excluding hydrogens is 412 g/mol. The van der Waals surface area contributed by atoms with Gasteiger partial charge in [-0.1, -0.05) is 18.2 Å². The van der Waals surface area contributed by atoms with Crippen molar-refractivity contribution in [1.29, 1.82) is 5.26 Å². The van der Waals surface area contributed by atoms with Gasteiger partial charge in [-0.2, -0.15) is 10.4 Å². The lowest BCUT2D eigenvalue weighted by Crippen LogP contribution is -2.34. The van der Waals surface area contributed by atoms with Gasteiger partial charge >= 0.3 is 0 Å². The first-order chi connectivity index (χ1) is 16.1. The zero-order valence-corrected chi connectivity index (χ0v) is 18.8. The summed E-state index contributed by atoms with van der Waals surface area (Å²) < 4.78 is 0. The number of anilines is 1. The van der Waals surface area contributed by atoms with Gasteiger partial charge in [0.05, 0.1) is 23.4 Å². The molecule has 33 heavy (non-hydrogen) atoms. The lowest BCUT2D eigenvalue weighted by Gasteiger charge is -2.21. The van der Waals surface area contributed by atoms with Crippen molar-refractivity contribution in [2.75, 3.05) is 18.4 Å². The molecule has 168 valence electrons. The van der Waals surface area contributed by atoms with Gasteiger partial charge in [0.25, 0.3) is 0 Å². The largest absolute Gasteiger partial charge is 0.384 e. The van der Waals surface area contributed by atoms with Crippen LogP contribution >= 0.6 is 0 Å². The summed E-state index contributed by atoms with van der Waals surface area (Å²) >= 11 is 0. The van der Waals surface area contributed by atoms with Crippen molar-refractivity contribution < 1.29 is 10.2 Å². The molecule has 0 aliphatic carbocycles. The highest BCUT2D eigenvalue weighted by molar-refractivity contribution is 5.87. The Morgan fingerprint density at radius 1 is 1.33 bits per heavy atom. The van der Waals surface area contributed by atoms with E-state index in [4.69, 9.17) is 10.7 Å². The molecule has 1 amide bonds. The topological polar surface area (TPSA) is 110 Å². The molecule has 2 aromatic carbocycles. The maximum absolute atomic E-state index is 12.9. The van der Waals surface area contributed by atoms with Crippen molar-refractivity contribution in [3.8, 4) is 17.2 Å². The molecule has 1 aliphatic heterocycles. The van der Waals surface area contributed by atoms with Gasteiger partial charge in [-0.15, -0.1) is 0 Å². The summed E-state index contributed by atoms with van der Waals surface area (Å²) in [5, 5.41) is 25.3. The Balaban J connectivity index is 1.32. The second kappa shape index (κ2) is 10.1. The van der Waals surface area contributed by atoms with Crippen molar-refractivity contribution in [2.24, 2.45) is 5.92 Å². The summed E-state index contributed by atoms with van der Waals surface area (Å²) in [5.41, 5.74) is 5.65. The van der Waals surface area contributed by atoms with Gasteiger partial charge in [0.1, 0.15) is 0 Å². The fourth-order valence-electron chi connectivity index (χ4n) is 4.53. The minimum absolute atomic E-state index is 0.174.